The molecule has 1 aliphatic carbocycles. The molecular formula is C14H27NO3. The molecule has 0 heterocycles. The molecule has 3 N–H and O–H groups in total. The van der Waals surface area contributed by atoms with Crippen LogP contribution in [0.5, 0.6) is 0 Å². The number of nitrogens with one attached hydrogen (secondary N) is 1. The van der Waals surface area contributed by atoms with E-state index in [0.717, 1.165) is 25.7 Å². The van der Waals surface area contributed by atoms with Gasteiger partial charge in [0, 0.05) is 6.54 Å². The number of carboxylic acid groups (broad SMARTS) is 1. The van der Waals surface area contributed by atoms with Gasteiger partial charge < -0.3 is 15.5 Å². The van der Waals surface area contributed by atoms with Gasteiger partial charge in [0.05, 0.1) is 12.0 Å². The van der Waals surface area contributed by atoms with Crippen LogP contribution in [0, 0.1) is 17.3 Å². The van der Waals surface area contributed by atoms with Crippen LogP contribution < -0.4 is 5.32 Å². The van der Waals surface area contributed by atoms with Crippen LogP contribution in [0.15, 0.2) is 0 Å². The highest BCUT2D eigenvalue weighted by molar-refractivity contribution is 5.70. The summed E-state index contributed by atoms with van der Waals surface area (Å²) in [5, 5.41) is 22.3. The van der Waals surface area contributed by atoms with Gasteiger partial charge in [-0.15, -0.1) is 0 Å². The van der Waals surface area contributed by atoms with Crippen molar-refractivity contribution in [1.82, 2.24) is 5.32 Å². The molecule has 0 aliphatic heterocycles. The van der Waals surface area contributed by atoms with Crippen molar-refractivity contribution in [3.05, 3.63) is 0 Å². The molecule has 0 bridgehead atoms. The lowest BCUT2D eigenvalue weighted by atomic mass is 9.79. The molecule has 0 amide bonds. The molecule has 1 rings (SSSR count). The number of carboxylic acids is 1. The van der Waals surface area contributed by atoms with Crippen molar-refractivity contribution >= 4 is 5.97 Å². The zero-order valence-electron chi connectivity index (χ0n) is 11.8. The van der Waals surface area contributed by atoms with E-state index in [4.69, 9.17) is 5.11 Å². The second-order valence-corrected chi connectivity index (χ2v) is 6.53. The summed E-state index contributed by atoms with van der Waals surface area (Å²) in [6.07, 6.45) is 3.53. The monoisotopic (exact) mass is 257 g/mol. The number of aliphatic carboxylic acids is 1. The first-order valence-corrected chi connectivity index (χ1v) is 6.94. The molecule has 4 heteroatoms. The van der Waals surface area contributed by atoms with Gasteiger partial charge in [-0.1, -0.05) is 33.6 Å². The highest BCUT2D eigenvalue weighted by atomic mass is 16.4. The number of hydrogen-bond acceptors (Lipinski definition) is 3. The van der Waals surface area contributed by atoms with Gasteiger partial charge in [-0.2, -0.15) is 0 Å². The van der Waals surface area contributed by atoms with Gasteiger partial charge >= 0.3 is 5.97 Å². The van der Waals surface area contributed by atoms with Crippen molar-refractivity contribution in [3.63, 3.8) is 0 Å². The van der Waals surface area contributed by atoms with Crippen molar-refractivity contribution in [3.8, 4) is 0 Å². The van der Waals surface area contributed by atoms with Crippen molar-refractivity contribution in [2.24, 2.45) is 17.3 Å². The summed E-state index contributed by atoms with van der Waals surface area (Å²) in [7, 11) is 0. The van der Waals surface area contributed by atoms with Gasteiger partial charge in [0.1, 0.15) is 0 Å². The number of rotatable bonds is 5. The lowest BCUT2D eigenvalue weighted by Crippen LogP contribution is -2.41. The fourth-order valence-corrected chi connectivity index (χ4v) is 2.49. The zero-order valence-corrected chi connectivity index (χ0v) is 11.8. The van der Waals surface area contributed by atoms with Gasteiger partial charge in [-0.05, 0) is 30.7 Å². The second kappa shape index (κ2) is 6.53. The third kappa shape index (κ3) is 4.58. The van der Waals surface area contributed by atoms with Gasteiger partial charge in [0.15, 0.2) is 0 Å². The van der Waals surface area contributed by atoms with Crippen molar-refractivity contribution in [2.75, 3.05) is 13.1 Å². The first-order valence-electron chi connectivity index (χ1n) is 6.94. The predicted molar refractivity (Wildman–Crippen MR) is 71.4 cm³/mol. The average molecular weight is 257 g/mol. The fourth-order valence-electron chi connectivity index (χ4n) is 2.49. The molecule has 1 fully saturated rings. The Labute approximate surface area is 110 Å². The lowest BCUT2D eigenvalue weighted by molar-refractivity contribution is -0.144. The summed E-state index contributed by atoms with van der Waals surface area (Å²) in [4.78, 5) is 11.1. The SMILES string of the molecule is CC(C)(C)C(O)CNCC1CCCCC1C(=O)O. The quantitative estimate of drug-likeness (QED) is 0.703. The molecule has 3 unspecified atom stereocenters. The van der Waals surface area contributed by atoms with E-state index in [1.807, 2.05) is 20.8 Å². The maximum atomic E-state index is 11.1. The van der Waals surface area contributed by atoms with Crippen molar-refractivity contribution in [2.45, 2.75) is 52.6 Å². The Morgan fingerprint density at radius 2 is 1.94 bits per heavy atom. The van der Waals surface area contributed by atoms with E-state index in [-0.39, 0.29) is 17.3 Å². The Balaban J connectivity index is 2.35. The number of hydrogen-bond donors (Lipinski definition) is 3. The van der Waals surface area contributed by atoms with Crippen LogP contribution in [-0.4, -0.2) is 35.4 Å². The second-order valence-electron chi connectivity index (χ2n) is 6.53. The van der Waals surface area contributed by atoms with E-state index in [1.54, 1.807) is 0 Å². The van der Waals surface area contributed by atoms with E-state index in [0.29, 0.717) is 13.1 Å². The summed E-state index contributed by atoms with van der Waals surface area (Å²) in [5.74, 6) is -0.667. The van der Waals surface area contributed by atoms with Crippen LogP contribution in [0.2, 0.25) is 0 Å². The Hall–Kier alpha value is -0.610. The molecule has 0 aromatic rings. The van der Waals surface area contributed by atoms with Crippen molar-refractivity contribution in [1.29, 1.82) is 0 Å². The molecule has 1 aliphatic rings. The Morgan fingerprint density at radius 3 is 2.50 bits per heavy atom. The number of carbonyl (C=O) groups is 1. The minimum Gasteiger partial charge on any atom is -0.481 e. The smallest absolute Gasteiger partial charge is 0.306 e. The van der Waals surface area contributed by atoms with Gasteiger partial charge in [-0.25, -0.2) is 0 Å². The van der Waals surface area contributed by atoms with Crippen molar-refractivity contribution < 1.29 is 15.0 Å². The van der Waals surface area contributed by atoms with Crippen LogP contribution in [0.3, 0.4) is 0 Å². The van der Waals surface area contributed by atoms with Crippen LogP contribution in [0.25, 0.3) is 0 Å². The zero-order chi connectivity index (χ0) is 13.8. The normalized spacial score (nSPS) is 26.9. The first-order chi connectivity index (χ1) is 8.32. The van der Waals surface area contributed by atoms with Gasteiger partial charge in [0.25, 0.3) is 0 Å². The number of aliphatic hydroxyl groups excluding tert-OH is 1. The molecule has 0 aromatic carbocycles. The lowest BCUT2D eigenvalue weighted by Gasteiger charge is -2.30. The molecule has 18 heavy (non-hydrogen) atoms. The summed E-state index contributed by atoms with van der Waals surface area (Å²) in [6, 6.07) is 0. The number of aliphatic hydroxyl groups is 1. The first kappa shape index (κ1) is 15.4. The van der Waals surface area contributed by atoms with Crippen LogP contribution in [0.4, 0.5) is 0 Å². The minimum absolute atomic E-state index is 0.133. The van der Waals surface area contributed by atoms with E-state index in [2.05, 4.69) is 5.32 Å². The molecule has 0 aromatic heterocycles. The standard InChI is InChI=1S/C14H27NO3/c1-14(2,3)12(16)9-15-8-10-6-4-5-7-11(10)13(17)18/h10-12,15-16H,4-9H2,1-3H3,(H,17,18). The maximum Gasteiger partial charge on any atom is 0.306 e. The molecule has 106 valence electrons. The Kier molecular flexibility index (Phi) is 5.60. The van der Waals surface area contributed by atoms with E-state index >= 15 is 0 Å². The molecule has 0 saturated heterocycles. The summed E-state index contributed by atoms with van der Waals surface area (Å²) >= 11 is 0. The minimum atomic E-state index is -0.669. The largest absolute Gasteiger partial charge is 0.481 e. The maximum absolute atomic E-state index is 11.1. The van der Waals surface area contributed by atoms with E-state index < -0.39 is 12.1 Å². The molecule has 1 saturated carbocycles. The fraction of sp³-hybridized carbons (Fsp3) is 0.929. The van der Waals surface area contributed by atoms with Crippen LogP contribution in [-0.2, 0) is 4.79 Å². The third-order valence-corrected chi connectivity index (χ3v) is 3.97. The molecule has 3 atom stereocenters. The van der Waals surface area contributed by atoms with Gasteiger partial charge in [0.2, 0.25) is 0 Å². The molecule has 0 radical (unpaired) electrons. The van der Waals surface area contributed by atoms with E-state index in [1.165, 1.54) is 0 Å². The van der Waals surface area contributed by atoms with Crippen LogP contribution in [0.1, 0.15) is 46.5 Å². The van der Waals surface area contributed by atoms with Gasteiger partial charge in [-0.3, -0.25) is 4.79 Å². The average Bonchev–Trinajstić information content (AvgIpc) is 2.28. The third-order valence-electron chi connectivity index (χ3n) is 3.97. The van der Waals surface area contributed by atoms with E-state index in [9.17, 15) is 9.90 Å². The summed E-state index contributed by atoms with van der Waals surface area (Å²) in [5.41, 5.74) is -0.133. The highest BCUT2D eigenvalue weighted by Crippen LogP contribution is 2.29. The Bertz CT molecular complexity index is 273. The topological polar surface area (TPSA) is 69.6 Å². The Morgan fingerprint density at radius 1 is 1.33 bits per heavy atom. The van der Waals surface area contributed by atoms with Crippen LogP contribution >= 0.6 is 0 Å². The summed E-state index contributed by atoms with van der Waals surface area (Å²) in [6.45, 7) is 7.23. The highest BCUT2D eigenvalue weighted by Gasteiger charge is 2.30. The predicted octanol–water partition coefficient (Wildman–Crippen LogP) is 1.87. The molecule has 0 spiro atoms. The summed E-state index contributed by atoms with van der Waals surface area (Å²) < 4.78 is 0. The molecule has 4 nitrogen and oxygen atoms in total. The molecular weight excluding hydrogens is 230 g/mol.